The second-order valence-electron chi connectivity index (χ2n) is 3.06. The maximum Gasteiger partial charge on any atom is 0.310 e. The van der Waals surface area contributed by atoms with E-state index >= 15 is 0 Å². The molecule has 86 valence electrons. The van der Waals surface area contributed by atoms with Crippen molar-refractivity contribution in [2.75, 3.05) is 6.61 Å². The molecule has 1 aromatic carbocycles. The van der Waals surface area contributed by atoms with Crippen LogP contribution in [0.4, 0.5) is 0 Å². The normalized spacial score (nSPS) is 9.94. The lowest BCUT2D eigenvalue weighted by atomic mass is 10.1. The molecule has 1 aromatic rings. The zero-order valence-electron chi connectivity index (χ0n) is 8.63. The summed E-state index contributed by atoms with van der Waals surface area (Å²) in [5.41, 5.74) is 1.05. The van der Waals surface area contributed by atoms with Crippen molar-refractivity contribution >= 4 is 39.8 Å². The highest BCUT2D eigenvalue weighted by molar-refractivity contribution is 9.10. The van der Waals surface area contributed by atoms with Crippen molar-refractivity contribution in [1.82, 2.24) is 0 Å². The third kappa shape index (κ3) is 3.32. The molecule has 0 heterocycles. The second kappa shape index (κ2) is 6.01. The van der Waals surface area contributed by atoms with Crippen molar-refractivity contribution in [3.63, 3.8) is 0 Å². The number of aldehydes is 1. The van der Waals surface area contributed by atoms with Gasteiger partial charge in [0.1, 0.15) is 0 Å². The molecule has 0 saturated heterocycles. The predicted octanol–water partition coefficient (Wildman–Crippen LogP) is 3.02. The maximum atomic E-state index is 11.3. The van der Waals surface area contributed by atoms with Crippen molar-refractivity contribution in [1.29, 1.82) is 0 Å². The molecule has 5 heteroatoms. The zero-order chi connectivity index (χ0) is 12.1. The Balaban J connectivity index is 2.95. The Bertz CT molecular complexity index is 418. The standard InChI is InChI=1S/C11H10BrClO3/c1-2-16-11(15)4-7-3-8(6-14)10(13)5-9(7)12/h3,5-6H,2,4H2,1H3. The summed E-state index contributed by atoms with van der Waals surface area (Å²) in [5.74, 6) is -0.331. The van der Waals surface area contributed by atoms with Gasteiger partial charge >= 0.3 is 5.97 Å². The molecule has 0 fully saturated rings. The van der Waals surface area contributed by atoms with Crippen LogP contribution in [0.25, 0.3) is 0 Å². The molecular weight excluding hydrogens is 295 g/mol. The van der Waals surface area contributed by atoms with E-state index in [0.717, 1.165) is 0 Å². The number of hydrogen-bond acceptors (Lipinski definition) is 3. The van der Waals surface area contributed by atoms with Gasteiger partial charge in [0.05, 0.1) is 18.1 Å². The molecule has 0 aliphatic rings. The van der Waals surface area contributed by atoms with E-state index in [1.165, 1.54) is 0 Å². The summed E-state index contributed by atoms with van der Waals surface area (Å²) in [6, 6.07) is 3.18. The first-order valence-electron chi connectivity index (χ1n) is 4.67. The van der Waals surface area contributed by atoms with E-state index in [0.29, 0.717) is 33.5 Å². The van der Waals surface area contributed by atoms with Gasteiger partial charge in [-0.15, -0.1) is 0 Å². The first-order chi connectivity index (χ1) is 7.58. The molecule has 0 aromatic heterocycles. The molecule has 0 atom stereocenters. The van der Waals surface area contributed by atoms with E-state index in [1.54, 1.807) is 19.1 Å². The van der Waals surface area contributed by atoms with E-state index < -0.39 is 0 Å². The molecule has 16 heavy (non-hydrogen) atoms. The van der Waals surface area contributed by atoms with Crippen molar-refractivity contribution in [2.24, 2.45) is 0 Å². The number of carbonyl (C=O) groups excluding carboxylic acids is 2. The molecule has 0 spiro atoms. The van der Waals surface area contributed by atoms with Crippen LogP contribution in [-0.2, 0) is 16.0 Å². The van der Waals surface area contributed by atoms with E-state index in [-0.39, 0.29) is 12.4 Å². The van der Waals surface area contributed by atoms with Gasteiger partial charge in [-0.1, -0.05) is 27.5 Å². The minimum absolute atomic E-state index is 0.117. The van der Waals surface area contributed by atoms with E-state index in [9.17, 15) is 9.59 Å². The van der Waals surface area contributed by atoms with E-state index in [1.807, 2.05) is 0 Å². The Morgan fingerprint density at radius 1 is 1.56 bits per heavy atom. The lowest BCUT2D eigenvalue weighted by molar-refractivity contribution is -0.142. The number of benzene rings is 1. The first-order valence-corrected chi connectivity index (χ1v) is 5.84. The number of esters is 1. The fraction of sp³-hybridized carbons (Fsp3) is 0.273. The molecular formula is C11H10BrClO3. The molecule has 0 aliphatic carbocycles. The van der Waals surface area contributed by atoms with Crippen LogP contribution in [0.15, 0.2) is 16.6 Å². The molecule has 0 aliphatic heterocycles. The van der Waals surface area contributed by atoms with Gasteiger partial charge in [0, 0.05) is 10.0 Å². The van der Waals surface area contributed by atoms with Crippen molar-refractivity contribution in [3.8, 4) is 0 Å². The van der Waals surface area contributed by atoms with Crippen LogP contribution in [0, 0.1) is 0 Å². The lowest BCUT2D eigenvalue weighted by Gasteiger charge is -2.06. The van der Waals surface area contributed by atoms with E-state index in [4.69, 9.17) is 16.3 Å². The minimum atomic E-state index is -0.331. The van der Waals surface area contributed by atoms with Crippen LogP contribution in [0.5, 0.6) is 0 Å². The SMILES string of the molecule is CCOC(=O)Cc1cc(C=O)c(Cl)cc1Br. The van der Waals surface area contributed by atoms with Gasteiger partial charge in [-0.05, 0) is 24.6 Å². The Kier molecular flexibility index (Phi) is 4.96. The van der Waals surface area contributed by atoms with Crippen molar-refractivity contribution in [3.05, 3.63) is 32.8 Å². The van der Waals surface area contributed by atoms with Gasteiger partial charge in [0.25, 0.3) is 0 Å². The lowest BCUT2D eigenvalue weighted by Crippen LogP contribution is -2.08. The summed E-state index contributed by atoms with van der Waals surface area (Å²) in [6.07, 6.45) is 0.774. The molecule has 0 N–H and O–H groups in total. The predicted molar refractivity (Wildman–Crippen MR) is 64.9 cm³/mol. The van der Waals surface area contributed by atoms with Gasteiger partial charge in [0.15, 0.2) is 6.29 Å². The summed E-state index contributed by atoms with van der Waals surface area (Å²) < 4.78 is 5.51. The number of ether oxygens (including phenoxy) is 1. The summed E-state index contributed by atoms with van der Waals surface area (Å²) in [6.45, 7) is 2.08. The Morgan fingerprint density at radius 3 is 2.81 bits per heavy atom. The fourth-order valence-electron chi connectivity index (χ4n) is 1.21. The van der Waals surface area contributed by atoms with Crippen LogP contribution in [0.2, 0.25) is 5.02 Å². The molecule has 0 radical (unpaired) electrons. The molecule has 0 saturated carbocycles. The van der Waals surface area contributed by atoms with Crippen LogP contribution < -0.4 is 0 Å². The second-order valence-corrected chi connectivity index (χ2v) is 4.33. The van der Waals surface area contributed by atoms with Gasteiger partial charge < -0.3 is 4.74 Å². The van der Waals surface area contributed by atoms with Crippen molar-refractivity contribution < 1.29 is 14.3 Å². The fourth-order valence-corrected chi connectivity index (χ4v) is 2.03. The average molecular weight is 306 g/mol. The Labute approximate surface area is 107 Å². The van der Waals surface area contributed by atoms with Crippen molar-refractivity contribution in [2.45, 2.75) is 13.3 Å². The average Bonchev–Trinajstić information content (AvgIpc) is 2.22. The number of carbonyl (C=O) groups is 2. The topological polar surface area (TPSA) is 43.4 Å². The summed E-state index contributed by atoms with van der Waals surface area (Å²) in [4.78, 5) is 22.0. The van der Waals surface area contributed by atoms with Crippen LogP contribution in [0.3, 0.4) is 0 Å². The highest BCUT2D eigenvalue weighted by Crippen LogP contribution is 2.25. The Morgan fingerprint density at radius 2 is 2.25 bits per heavy atom. The Hall–Kier alpha value is -0.870. The molecule has 3 nitrogen and oxygen atoms in total. The number of halogens is 2. The number of hydrogen-bond donors (Lipinski definition) is 0. The monoisotopic (exact) mass is 304 g/mol. The highest BCUT2D eigenvalue weighted by Gasteiger charge is 2.11. The van der Waals surface area contributed by atoms with Gasteiger partial charge in [-0.25, -0.2) is 0 Å². The maximum absolute atomic E-state index is 11.3. The smallest absolute Gasteiger partial charge is 0.310 e. The van der Waals surface area contributed by atoms with E-state index in [2.05, 4.69) is 15.9 Å². The summed E-state index contributed by atoms with van der Waals surface area (Å²) >= 11 is 9.10. The summed E-state index contributed by atoms with van der Waals surface area (Å²) in [7, 11) is 0. The highest BCUT2D eigenvalue weighted by atomic mass is 79.9. The molecule has 1 rings (SSSR count). The number of rotatable bonds is 4. The minimum Gasteiger partial charge on any atom is -0.466 e. The van der Waals surface area contributed by atoms with Gasteiger partial charge in [-0.3, -0.25) is 9.59 Å². The summed E-state index contributed by atoms with van der Waals surface area (Å²) in [5, 5.41) is 0.356. The molecule has 0 amide bonds. The molecule has 0 unspecified atom stereocenters. The third-order valence-corrected chi connectivity index (χ3v) is 3.00. The van der Waals surface area contributed by atoms with Gasteiger partial charge in [0.2, 0.25) is 0 Å². The quantitative estimate of drug-likeness (QED) is 0.634. The third-order valence-electron chi connectivity index (χ3n) is 1.93. The molecule has 0 bridgehead atoms. The van der Waals surface area contributed by atoms with Crippen LogP contribution in [0.1, 0.15) is 22.8 Å². The zero-order valence-corrected chi connectivity index (χ0v) is 11.0. The van der Waals surface area contributed by atoms with Gasteiger partial charge in [-0.2, -0.15) is 0 Å². The first kappa shape index (κ1) is 13.2. The largest absolute Gasteiger partial charge is 0.466 e. The van der Waals surface area contributed by atoms with Crippen LogP contribution in [-0.4, -0.2) is 18.9 Å². The van der Waals surface area contributed by atoms with Crippen LogP contribution >= 0.6 is 27.5 Å².